The fraction of sp³-hybridized carbons (Fsp3) is 0.500. The van der Waals surface area contributed by atoms with Crippen LogP contribution in [0.1, 0.15) is 25.0 Å². The summed E-state index contributed by atoms with van der Waals surface area (Å²) in [7, 11) is 0. The summed E-state index contributed by atoms with van der Waals surface area (Å²) in [5, 5.41) is 9.28. The van der Waals surface area contributed by atoms with E-state index in [1.807, 2.05) is 22.9 Å². The largest absolute Gasteiger partial charge is 0.481 e. The maximum absolute atomic E-state index is 11.3. The highest BCUT2D eigenvalue weighted by atomic mass is 16.4. The van der Waals surface area contributed by atoms with Crippen LogP contribution in [0.4, 0.5) is 0 Å². The van der Waals surface area contributed by atoms with Crippen molar-refractivity contribution in [1.82, 2.24) is 19.3 Å². The quantitative estimate of drug-likeness (QED) is 0.908. The minimum absolute atomic E-state index is 0.176. The molecule has 0 aliphatic carbocycles. The van der Waals surface area contributed by atoms with E-state index in [1.54, 1.807) is 6.20 Å². The van der Waals surface area contributed by atoms with Crippen molar-refractivity contribution >= 4 is 11.7 Å². The number of fused-ring (bicyclic) bond motifs is 3. The third-order valence-electron chi connectivity index (χ3n) is 4.63. The molecule has 2 aromatic heterocycles. The Morgan fingerprint density at radius 2 is 2.35 bits per heavy atom. The van der Waals surface area contributed by atoms with E-state index in [-0.39, 0.29) is 12.0 Å². The van der Waals surface area contributed by atoms with E-state index in [1.165, 1.54) is 0 Å². The standard InChI is InChI=1S/C14H16N4O2/c19-13(20)11-6-10-2-3-12(11)18(10)8-9-7-17-5-1-4-15-14(17)16-9/h1,4-5,7,10-12H,2-3,6,8H2,(H,19,20). The van der Waals surface area contributed by atoms with Gasteiger partial charge in [0, 0.05) is 37.2 Å². The van der Waals surface area contributed by atoms with Gasteiger partial charge in [0.1, 0.15) is 0 Å². The fourth-order valence-corrected chi connectivity index (χ4v) is 3.76. The van der Waals surface area contributed by atoms with E-state index in [0.717, 1.165) is 31.5 Å². The van der Waals surface area contributed by atoms with Crippen molar-refractivity contribution in [3.05, 3.63) is 30.4 Å². The van der Waals surface area contributed by atoms with E-state index >= 15 is 0 Å². The Hall–Kier alpha value is -1.95. The molecular formula is C14H16N4O2. The Balaban J connectivity index is 1.59. The number of aliphatic carboxylic acids is 1. The predicted octanol–water partition coefficient (Wildman–Crippen LogP) is 1.17. The molecule has 3 unspecified atom stereocenters. The highest BCUT2D eigenvalue weighted by molar-refractivity contribution is 5.71. The van der Waals surface area contributed by atoms with Crippen LogP contribution in [0.25, 0.3) is 5.78 Å². The van der Waals surface area contributed by atoms with Crippen LogP contribution in [-0.2, 0) is 11.3 Å². The zero-order chi connectivity index (χ0) is 13.7. The van der Waals surface area contributed by atoms with E-state index in [9.17, 15) is 9.90 Å². The van der Waals surface area contributed by atoms with Crippen LogP contribution >= 0.6 is 0 Å². The minimum Gasteiger partial charge on any atom is -0.481 e. The summed E-state index contributed by atoms with van der Waals surface area (Å²) in [5.74, 6) is -0.161. The van der Waals surface area contributed by atoms with Gasteiger partial charge in [-0.2, -0.15) is 0 Å². The Morgan fingerprint density at radius 1 is 1.45 bits per heavy atom. The lowest BCUT2D eigenvalue weighted by Crippen LogP contribution is -2.32. The van der Waals surface area contributed by atoms with Gasteiger partial charge in [0.15, 0.2) is 0 Å². The van der Waals surface area contributed by atoms with Crippen LogP contribution in [0.5, 0.6) is 0 Å². The van der Waals surface area contributed by atoms with Crippen molar-refractivity contribution < 1.29 is 9.90 Å². The van der Waals surface area contributed by atoms with Crippen LogP contribution in [0.15, 0.2) is 24.7 Å². The summed E-state index contributed by atoms with van der Waals surface area (Å²) in [5.41, 5.74) is 0.964. The Bertz CT molecular complexity index is 635. The first-order valence-corrected chi connectivity index (χ1v) is 6.99. The SMILES string of the molecule is O=C(O)C1CC2CCC1N2Cc1cn2cccnc2n1. The maximum Gasteiger partial charge on any atom is 0.308 e. The molecule has 2 aromatic rings. The van der Waals surface area contributed by atoms with Gasteiger partial charge >= 0.3 is 5.97 Å². The summed E-state index contributed by atoms with van der Waals surface area (Å²) in [6.45, 7) is 0.725. The number of carbonyl (C=O) groups is 1. The van der Waals surface area contributed by atoms with Gasteiger partial charge in [0.05, 0.1) is 11.6 Å². The molecule has 6 heteroatoms. The van der Waals surface area contributed by atoms with Gasteiger partial charge in [-0.15, -0.1) is 0 Å². The molecule has 0 spiro atoms. The molecule has 2 fully saturated rings. The molecule has 104 valence electrons. The first kappa shape index (κ1) is 11.8. The second-order valence-corrected chi connectivity index (χ2v) is 5.71. The first-order chi connectivity index (χ1) is 9.72. The van der Waals surface area contributed by atoms with Crippen molar-refractivity contribution in [3.63, 3.8) is 0 Å². The van der Waals surface area contributed by atoms with Crippen molar-refractivity contribution in [1.29, 1.82) is 0 Å². The topological polar surface area (TPSA) is 70.7 Å². The zero-order valence-corrected chi connectivity index (χ0v) is 11.0. The van der Waals surface area contributed by atoms with Crippen LogP contribution in [-0.4, -0.2) is 42.4 Å². The molecule has 4 heterocycles. The van der Waals surface area contributed by atoms with Gasteiger partial charge in [-0.3, -0.25) is 14.1 Å². The number of carboxylic acids is 1. The summed E-state index contributed by atoms with van der Waals surface area (Å²) in [6, 6.07) is 2.45. The number of hydrogen-bond donors (Lipinski definition) is 1. The summed E-state index contributed by atoms with van der Waals surface area (Å²) in [6.07, 6.45) is 8.53. The average molecular weight is 272 g/mol. The number of nitrogens with zero attached hydrogens (tertiary/aromatic N) is 4. The molecule has 0 radical (unpaired) electrons. The summed E-state index contributed by atoms with van der Waals surface area (Å²) < 4.78 is 1.90. The normalized spacial score (nSPS) is 29.3. The van der Waals surface area contributed by atoms with Gasteiger partial charge in [0.2, 0.25) is 5.78 Å². The van der Waals surface area contributed by atoms with Gasteiger partial charge in [0.25, 0.3) is 0 Å². The lowest BCUT2D eigenvalue weighted by molar-refractivity contribution is -0.142. The molecular weight excluding hydrogens is 256 g/mol. The number of hydrogen-bond acceptors (Lipinski definition) is 4. The number of imidazole rings is 1. The molecule has 0 saturated carbocycles. The fourth-order valence-electron chi connectivity index (χ4n) is 3.76. The van der Waals surface area contributed by atoms with Crippen LogP contribution in [0.2, 0.25) is 0 Å². The predicted molar refractivity (Wildman–Crippen MR) is 71.1 cm³/mol. The Morgan fingerprint density at radius 3 is 3.10 bits per heavy atom. The van der Waals surface area contributed by atoms with Crippen molar-refractivity contribution in [3.8, 4) is 0 Å². The van der Waals surface area contributed by atoms with Crippen molar-refractivity contribution in [2.45, 2.75) is 37.9 Å². The lowest BCUT2D eigenvalue weighted by Gasteiger charge is -2.21. The van der Waals surface area contributed by atoms with E-state index in [4.69, 9.17) is 0 Å². The second kappa shape index (κ2) is 4.28. The van der Waals surface area contributed by atoms with Gasteiger partial charge in [-0.1, -0.05) is 0 Å². The third-order valence-corrected chi connectivity index (χ3v) is 4.63. The molecule has 20 heavy (non-hydrogen) atoms. The molecule has 2 aliphatic heterocycles. The van der Waals surface area contributed by atoms with Gasteiger partial charge < -0.3 is 5.11 Å². The molecule has 2 aliphatic rings. The highest BCUT2D eigenvalue weighted by Gasteiger charge is 2.49. The average Bonchev–Trinajstić information content (AvgIpc) is 3.11. The highest BCUT2D eigenvalue weighted by Crippen LogP contribution is 2.42. The number of aromatic nitrogens is 3. The molecule has 0 amide bonds. The van der Waals surface area contributed by atoms with E-state index in [2.05, 4.69) is 14.9 Å². The first-order valence-electron chi connectivity index (χ1n) is 6.99. The maximum atomic E-state index is 11.3. The second-order valence-electron chi connectivity index (χ2n) is 5.71. The van der Waals surface area contributed by atoms with E-state index in [0.29, 0.717) is 11.8 Å². The summed E-state index contributed by atoms with van der Waals surface area (Å²) in [4.78, 5) is 22.3. The number of carboxylic acid groups (broad SMARTS) is 1. The molecule has 2 saturated heterocycles. The minimum atomic E-state index is -0.654. The van der Waals surface area contributed by atoms with Crippen LogP contribution < -0.4 is 0 Å². The van der Waals surface area contributed by atoms with Gasteiger partial charge in [-0.25, -0.2) is 9.97 Å². The monoisotopic (exact) mass is 272 g/mol. The Labute approximate surface area is 116 Å². The van der Waals surface area contributed by atoms with Crippen LogP contribution in [0.3, 0.4) is 0 Å². The van der Waals surface area contributed by atoms with Crippen LogP contribution in [0, 0.1) is 5.92 Å². The molecule has 0 aromatic carbocycles. The van der Waals surface area contributed by atoms with Crippen molar-refractivity contribution in [2.24, 2.45) is 5.92 Å². The van der Waals surface area contributed by atoms with E-state index < -0.39 is 5.97 Å². The van der Waals surface area contributed by atoms with Gasteiger partial charge in [-0.05, 0) is 25.3 Å². The number of rotatable bonds is 3. The smallest absolute Gasteiger partial charge is 0.308 e. The molecule has 6 nitrogen and oxygen atoms in total. The summed E-state index contributed by atoms with van der Waals surface area (Å²) >= 11 is 0. The zero-order valence-electron chi connectivity index (χ0n) is 11.0. The molecule has 2 bridgehead atoms. The lowest BCUT2D eigenvalue weighted by atomic mass is 9.89. The molecule has 3 atom stereocenters. The Kier molecular flexibility index (Phi) is 2.53. The molecule has 1 N–H and O–H groups in total. The third kappa shape index (κ3) is 1.71. The van der Waals surface area contributed by atoms with Crippen molar-refractivity contribution in [2.75, 3.05) is 0 Å². The molecule has 4 rings (SSSR count).